The van der Waals surface area contributed by atoms with Gasteiger partial charge in [-0.1, -0.05) is 0 Å². The topological polar surface area (TPSA) is 26.3 Å². The first kappa shape index (κ1) is 8.20. The van der Waals surface area contributed by atoms with Crippen LogP contribution in [0.5, 0.6) is 0 Å². The smallest absolute Gasteiger partial charge is 0.310 e. The summed E-state index contributed by atoms with van der Waals surface area (Å²) in [5.41, 5.74) is 0. The van der Waals surface area contributed by atoms with Crippen molar-refractivity contribution in [3.05, 3.63) is 22.1 Å². The number of ether oxygens (including phenoxy) is 1. The van der Waals surface area contributed by atoms with Crippen LogP contribution in [-0.2, 0) is 16.0 Å². The van der Waals surface area contributed by atoms with Crippen molar-refractivity contribution in [1.82, 2.24) is 0 Å². The molecule has 0 unspecified atom stereocenters. The van der Waals surface area contributed by atoms with Crippen molar-refractivity contribution < 1.29 is 13.9 Å². The summed E-state index contributed by atoms with van der Waals surface area (Å²) in [6.07, 6.45) is 0.158. The van der Waals surface area contributed by atoms with E-state index in [1.165, 1.54) is 29.9 Å². The third kappa shape index (κ3) is 2.31. The lowest BCUT2D eigenvalue weighted by atomic mass is 10.3. The van der Waals surface area contributed by atoms with Gasteiger partial charge < -0.3 is 4.74 Å². The zero-order valence-electron chi connectivity index (χ0n) is 5.96. The predicted octanol–water partition coefficient (Wildman–Crippen LogP) is 1.60. The van der Waals surface area contributed by atoms with E-state index < -0.39 is 0 Å². The predicted molar refractivity (Wildman–Crippen MR) is 40.0 cm³/mol. The number of carbonyl (C=O) groups is 1. The average molecular weight is 174 g/mol. The first-order valence-electron chi connectivity index (χ1n) is 3.02. The lowest BCUT2D eigenvalue weighted by Crippen LogP contribution is -2.02. The summed E-state index contributed by atoms with van der Waals surface area (Å²) in [7, 11) is 1.31. The molecule has 0 aliphatic rings. The number of methoxy groups -OCH3 is 1. The molecule has 2 nitrogen and oxygen atoms in total. The Hall–Kier alpha value is -0.900. The Bertz CT molecular complexity index is 257. The van der Waals surface area contributed by atoms with Crippen LogP contribution in [0.2, 0.25) is 0 Å². The van der Waals surface area contributed by atoms with Gasteiger partial charge in [-0.2, -0.15) is 0 Å². The Morgan fingerprint density at radius 2 is 2.55 bits per heavy atom. The zero-order valence-corrected chi connectivity index (χ0v) is 6.78. The Labute approximate surface area is 67.6 Å². The molecule has 0 saturated heterocycles. The molecule has 1 heterocycles. The van der Waals surface area contributed by atoms with Crippen molar-refractivity contribution in [3.63, 3.8) is 0 Å². The molecule has 0 radical (unpaired) electrons. The number of thiophene rings is 1. The number of hydrogen-bond donors (Lipinski definition) is 0. The number of rotatable bonds is 2. The van der Waals surface area contributed by atoms with E-state index >= 15 is 0 Å². The minimum atomic E-state index is -0.341. The second-order valence-electron chi connectivity index (χ2n) is 1.98. The maximum absolute atomic E-state index is 12.3. The lowest BCUT2D eigenvalue weighted by Gasteiger charge is -1.93. The van der Waals surface area contributed by atoms with E-state index in [1.807, 2.05) is 0 Å². The van der Waals surface area contributed by atoms with Crippen LogP contribution >= 0.6 is 11.3 Å². The number of halogens is 1. The van der Waals surface area contributed by atoms with E-state index in [4.69, 9.17) is 0 Å². The van der Waals surface area contributed by atoms with E-state index in [2.05, 4.69) is 4.74 Å². The highest BCUT2D eigenvalue weighted by Gasteiger charge is 2.04. The third-order valence-corrected chi connectivity index (χ3v) is 2.08. The van der Waals surface area contributed by atoms with Crippen molar-refractivity contribution in [2.45, 2.75) is 6.42 Å². The van der Waals surface area contributed by atoms with Gasteiger partial charge in [-0.05, 0) is 6.07 Å². The van der Waals surface area contributed by atoms with E-state index in [9.17, 15) is 9.18 Å². The van der Waals surface area contributed by atoms with E-state index in [0.29, 0.717) is 4.88 Å². The van der Waals surface area contributed by atoms with E-state index in [1.54, 1.807) is 0 Å². The Balaban J connectivity index is 2.57. The van der Waals surface area contributed by atoms with Crippen LogP contribution in [0.15, 0.2) is 11.4 Å². The number of hydrogen-bond acceptors (Lipinski definition) is 3. The van der Waals surface area contributed by atoms with Crippen molar-refractivity contribution in [3.8, 4) is 0 Å². The lowest BCUT2D eigenvalue weighted by molar-refractivity contribution is -0.139. The number of carbonyl (C=O) groups excluding carboxylic acids is 1. The van der Waals surface area contributed by atoms with Gasteiger partial charge in [0.05, 0.1) is 13.5 Å². The van der Waals surface area contributed by atoms with Crippen LogP contribution in [0.3, 0.4) is 0 Å². The van der Waals surface area contributed by atoms with E-state index in [0.717, 1.165) is 0 Å². The van der Waals surface area contributed by atoms with Crippen LogP contribution in [-0.4, -0.2) is 13.1 Å². The average Bonchev–Trinajstić information content (AvgIpc) is 2.35. The Kier molecular flexibility index (Phi) is 2.59. The van der Waals surface area contributed by atoms with Gasteiger partial charge in [0.2, 0.25) is 0 Å². The Morgan fingerprint density at radius 1 is 1.82 bits per heavy atom. The summed E-state index contributed by atoms with van der Waals surface area (Å²) in [5.74, 6) is -0.638. The largest absolute Gasteiger partial charge is 0.469 e. The van der Waals surface area contributed by atoms with Gasteiger partial charge in [0.25, 0.3) is 0 Å². The van der Waals surface area contributed by atoms with Crippen molar-refractivity contribution in [2.24, 2.45) is 0 Å². The van der Waals surface area contributed by atoms with Gasteiger partial charge in [-0.3, -0.25) is 4.79 Å². The van der Waals surface area contributed by atoms with Crippen molar-refractivity contribution >= 4 is 17.3 Å². The quantitative estimate of drug-likeness (QED) is 0.636. The molecule has 1 rings (SSSR count). The molecule has 0 saturated carbocycles. The van der Waals surface area contributed by atoms with Crippen LogP contribution in [0.25, 0.3) is 0 Å². The third-order valence-electron chi connectivity index (χ3n) is 1.17. The van der Waals surface area contributed by atoms with Crippen molar-refractivity contribution in [2.75, 3.05) is 7.11 Å². The maximum Gasteiger partial charge on any atom is 0.310 e. The van der Waals surface area contributed by atoms with Crippen LogP contribution in [0, 0.1) is 5.82 Å². The normalized spacial score (nSPS) is 9.64. The molecule has 0 aromatic carbocycles. The van der Waals surface area contributed by atoms with Gasteiger partial charge in [0.15, 0.2) is 0 Å². The maximum atomic E-state index is 12.3. The van der Waals surface area contributed by atoms with E-state index in [-0.39, 0.29) is 18.2 Å². The molecule has 1 aromatic rings. The molecule has 0 amide bonds. The monoisotopic (exact) mass is 174 g/mol. The molecule has 0 bridgehead atoms. The second kappa shape index (κ2) is 3.48. The van der Waals surface area contributed by atoms with Crippen molar-refractivity contribution in [1.29, 1.82) is 0 Å². The first-order chi connectivity index (χ1) is 5.22. The van der Waals surface area contributed by atoms with Gasteiger partial charge in [-0.25, -0.2) is 4.39 Å². The van der Waals surface area contributed by atoms with Crippen LogP contribution in [0.4, 0.5) is 4.39 Å². The molecule has 0 aliphatic heterocycles. The molecule has 4 heteroatoms. The van der Waals surface area contributed by atoms with Gasteiger partial charge in [0, 0.05) is 10.3 Å². The van der Waals surface area contributed by atoms with Gasteiger partial charge in [-0.15, -0.1) is 11.3 Å². The SMILES string of the molecule is COC(=O)Cc1cc(F)cs1. The summed E-state index contributed by atoms with van der Waals surface area (Å²) >= 11 is 1.22. The first-order valence-corrected chi connectivity index (χ1v) is 3.90. The zero-order chi connectivity index (χ0) is 8.27. The minimum Gasteiger partial charge on any atom is -0.469 e. The van der Waals surface area contributed by atoms with Gasteiger partial charge in [0.1, 0.15) is 5.82 Å². The highest BCUT2D eigenvalue weighted by Crippen LogP contribution is 2.13. The molecule has 0 aliphatic carbocycles. The standard InChI is InChI=1S/C7H7FO2S/c1-10-7(9)3-6-2-5(8)4-11-6/h2,4H,3H2,1H3. The molecule has 60 valence electrons. The minimum absolute atomic E-state index is 0.158. The fraction of sp³-hybridized carbons (Fsp3) is 0.286. The summed E-state index contributed by atoms with van der Waals surface area (Å²) in [6.45, 7) is 0. The van der Waals surface area contributed by atoms with Crippen LogP contribution in [0.1, 0.15) is 4.88 Å². The van der Waals surface area contributed by atoms with Gasteiger partial charge >= 0.3 is 5.97 Å². The highest BCUT2D eigenvalue weighted by molar-refractivity contribution is 7.10. The summed E-state index contributed by atoms with van der Waals surface area (Å²) in [5, 5.41) is 1.36. The van der Waals surface area contributed by atoms with Crippen LogP contribution < -0.4 is 0 Å². The number of esters is 1. The summed E-state index contributed by atoms with van der Waals surface area (Å²) < 4.78 is 16.7. The molecule has 11 heavy (non-hydrogen) atoms. The molecule has 1 aromatic heterocycles. The second-order valence-corrected chi connectivity index (χ2v) is 2.98. The Morgan fingerprint density at radius 3 is 3.00 bits per heavy atom. The molecule has 0 N–H and O–H groups in total. The fourth-order valence-electron chi connectivity index (χ4n) is 0.661. The molecule has 0 atom stereocenters. The molecular weight excluding hydrogens is 167 g/mol. The molecule has 0 fully saturated rings. The fourth-order valence-corrected chi connectivity index (χ4v) is 1.37. The summed E-state index contributed by atoms with van der Waals surface area (Å²) in [6, 6.07) is 1.33. The molecular formula is C7H7FO2S. The highest BCUT2D eigenvalue weighted by atomic mass is 32.1. The molecule has 0 spiro atoms. The summed E-state index contributed by atoms with van der Waals surface area (Å²) in [4.78, 5) is 11.3.